The topological polar surface area (TPSA) is 49.3 Å². The van der Waals surface area contributed by atoms with Crippen molar-refractivity contribution in [3.8, 4) is 0 Å². The Kier molecular flexibility index (Phi) is 1.80. The van der Waals surface area contributed by atoms with Gasteiger partial charge in [-0.1, -0.05) is 0 Å². The van der Waals surface area contributed by atoms with Crippen molar-refractivity contribution in [2.24, 2.45) is 5.92 Å². The third-order valence-corrected chi connectivity index (χ3v) is 2.99. The van der Waals surface area contributed by atoms with E-state index in [1.54, 1.807) is 0 Å². The maximum atomic E-state index is 13.1. The van der Waals surface area contributed by atoms with Crippen LogP contribution < -0.4 is 5.32 Å². The van der Waals surface area contributed by atoms with Gasteiger partial charge in [0.1, 0.15) is 6.04 Å². The van der Waals surface area contributed by atoms with Crippen LogP contribution in [0.15, 0.2) is 0 Å². The van der Waals surface area contributed by atoms with Gasteiger partial charge in [0.15, 0.2) is 0 Å². The molecule has 0 amide bonds. The van der Waals surface area contributed by atoms with Crippen LogP contribution >= 0.6 is 0 Å². The maximum Gasteiger partial charge on any atom is 0.320 e. The highest BCUT2D eigenvalue weighted by Gasteiger charge is 2.54. The predicted molar refractivity (Wildman–Crippen MR) is 40.6 cm³/mol. The fraction of sp³-hybridized carbons (Fsp3) is 0.875. The third-order valence-electron chi connectivity index (χ3n) is 2.99. The molecule has 2 N–H and O–H groups in total. The summed E-state index contributed by atoms with van der Waals surface area (Å²) >= 11 is 0. The molecule has 2 aliphatic heterocycles. The van der Waals surface area contributed by atoms with E-state index in [1.807, 2.05) is 0 Å². The van der Waals surface area contributed by atoms with Gasteiger partial charge in [-0.2, -0.15) is 0 Å². The molecule has 0 aromatic heterocycles. The van der Waals surface area contributed by atoms with Crippen LogP contribution in [-0.2, 0) is 4.79 Å². The second-order valence-corrected chi connectivity index (χ2v) is 3.84. The Labute approximate surface area is 74.1 Å². The number of carboxylic acids is 1. The van der Waals surface area contributed by atoms with Gasteiger partial charge in [0.2, 0.25) is 0 Å². The molecule has 2 bridgehead atoms. The number of rotatable bonds is 1. The van der Waals surface area contributed by atoms with Crippen molar-refractivity contribution in [3.05, 3.63) is 0 Å². The first kappa shape index (κ1) is 8.87. The summed E-state index contributed by atoms with van der Waals surface area (Å²) in [4.78, 5) is 10.6. The molecule has 2 saturated heterocycles. The van der Waals surface area contributed by atoms with Crippen molar-refractivity contribution in [2.45, 2.75) is 37.3 Å². The summed E-state index contributed by atoms with van der Waals surface area (Å²) in [6.07, 6.45) is 0.716. The van der Waals surface area contributed by atoms with E-state index in [-0.39, 0.29) is 6.42 Å². The number of carbonyl (C=O) groups is 1. The standard InChI is InChI=1S/C8H11F2NO2/c9-8(10)3-4-1-2-5(8)11-6(4)7(12)13/h4-6,11H,1-3H2,(H,12,13)/t4?,5?,6-/m0/s1. The summed E-state index contributed by atoms with van der Waals surface area (Å²) in [6.45, 7) is 0. The van der Waals surface area contributed by atoms with Crippen molar-refractivity contribution < 1.29 is 18.7 Å². The van der Waals surface area contributed by atoms with Crippen LogP contribution in [0.5, 0.6) is 0 Å². The monoisotopic (exact) mass is 191 g/mol. The van der Waals surface area contributed by atoms with Crippen LogP contribution in [0.2, 0.25) is 0 Å². The molecule has 74 valence electrons. The van der Waals surface area contributed by atoms with E-state index in [1.165, 1.54) is 0 Å². The highest BCUT2D eigenvalue weighted by molar-refractivity contribution is 5.74. The average molecular weight is 191 g/mol. The molecule has 13 heavy (non-hydrogen) atoms. The molecule has 1 saturated carbocycles. The van der Waals surface area contributed by atoms with Crippen molar-refractivity contribution in [2.75, 3.05) is 0 Å². The van der Waals surface area contributed by atoms with E-state index < -0.39 is 29.9 Å². The molecule has 3 aliphatic rings. The number of hydrogen-bond donors (Lipinski definition) is 2. The Balaban J connectivity index is 2.16. The lowest BCUT2D eigenvalue weighted by atomic mass is 9.74. The van der Waals surface area contributed by atoms with Crippen molar-refractivity contribution in [3.63, 3.8) is 0 Å². The van der Waals surface area contributed by atoms with Gasteiger partial charge in [0.05, 0.1) is 6.04 Å². The molecule has 3 nitrogen and oxygen atoms in total. The smallest absolute Gasteiger partial charge is 0.320 e. The summed E-state index contributed by atoms with van der Waals surface area (Å²) in [5.41, 5.74) is 0. The molecule has 5 heteroatoms. The van der Waals surface area contributed by atoms with Crippen LogP contribution in [0.1, 0.15) is 19.3 Å². The number of piperidine rings is 2. The normalized spacial score (nSPS) is 41.8. The van der Waals surface area contributed by atoms with Crippen LogP contribution in [0.25, 0.3) is 0 Å². The van der Waals surface area contributed by atoms with Crippen molar-refractivity contribution in [1.82, 2.24) is 5.32 Å². The van der Waals surface area contributed by atoms with E-state index in [4.69, 9.17) is 5.11 Å². The number of fused-ring (bicyclic) bond motifs is 3. The summed E-state index contributed by atoms with van der Waals surface area (Å²) in [6, 6.07) is -1.70. The van der Waals surface area contributed by atoms with Crippen LogP contribution in [0, 0.1) is 5.92 Å². The number of nitrogens with one attached hydrogen (secondary N) is 1. The minimum absolute atomic E-state index is 0.276. The first-order chi connectivity index (χ1) is 6.00. The molecule has 2 unspecified atom stereocenters. The number of aliphatic carboxylic acids is 1. The Bertz CT molecular complexity index is 244. The fourth-order valence-electron chi connectivity index (χ4n) is 2.30. The molecular weight excluding hydrogens is 180 g/mol. The first-order valence-corrected chi connectivity index (χ1v) is 4.37. The molecular formula is C8H11F2NO2. The van der Waals surface area contributed by atoms with Gasteiger partial charge in [0, 0.05) is 6.42 Å². The second-order valence-electron chi connectivity index (χ2n) is 3.84. The molecule has 3 rings (SSSR count). The molecule has 0 spiro atoms. The van der Waals surface area contributed by atoms with E-state index in [0.29, 0.717) is 12.8 Å². The number of carboxylic acid groups (broad SMARTS) is 1. The summed E-state index contributed by atoms with van der Waals surface area (Å²) < 4.78 is 26.2. The van der Waals surface area contributed by atoms with Gasteiger partial charge in [-0.15, -0.1) is 0 Å². The second kappa shape index (κ2) is 2.64. The number of alkyl halides is 2. The van der Waals surface area contributed by atoms with Crippen LogP contribution in [0.4, 0.5) is 8.78 Å². The molecule has 3 fully saturated rings. The highest BCUT2D eigenvalue weighted by atomic mass is 19.3. The van der Waals surface area contributed by atoms with Gasteiger partial charge < -0.3 is 5.11 Å². The first-order valence-electron chi connectivity index (χ1n) is 4.37. The van der Waals surface area contributed by atoms with Gasteiger partial charge in [-0.05, 0) is 18.8 Å². The Morgan fingerprint density at radius 2 is 2.15 bits per heavy atom. The van der Waals surface area contributed by atoms with Crippen molar-refractivity contribution in [1.29, 1.82) is 0 Å². The largest absolute Gasteiger partial charge is 0.480 e. The summed E-state index contributed by atoms with van der Waals surface area (Å²) in [5, 5.41) is 11.2. The predicted octanol–water partition coefficient (Wildman–Crippen LogP) is 0.847. The fourth-order valence-corrected chi connectivity index (χ4v) is 2.30. The molecule has 2 heterocycles. The zero-order valence-electron chi connectivity index (χ0n) is 6.96. The quantitative estimate of drug-likeness (QED) is 0.646. The van der Waals surface area contributed by atoms with Crippen LogP contribution in [-0.4, -0.2) is 29.1 Å². The van der Waals surface area contributed by atoms with E-state index >= 15 is 0 Å². The minimum Gasteiger partial charge on any atom is -0.480 e. The van der Waals surface area contributed by atoms with Crippen LogP contribution in [0.3, 0.4) is 0 Å². The number of hydrogen-bond acceptors (Lipinski definition) is 2. The molecule has 1 aliphatic carbocycles. The van der Waals surface area contributed by atoms with Gasteiger partial charge >= 0.3 is 5.97 Å². The van der Waals surface area contributed by atoms with E-state index in [2.05, 4.69) is 5.32 Å². The number of halogens is 2. The molecule has 3 atom stereocenters. The van der Waals surface area contributed by atoms with Gasteiger partial charge in [-0.3, -0.25) is 10.1 Å². The molecule has 0 aromatic rings. The Morgan fingerprint density at radius 1 is 1.46 bits per heavy atom. The Hall–Kier alpha value is -0.710. The Morgan fingerprint density at radius 3 is 2.54 bits per heavy atom. The summed E-state index contributed by atoms with van der Waals surface area (Å²) in [5.74, 6) is -4.13. The zero-order valence-corrected chi connectivity index (χ0v) is 6.96. The van der Waals surface area contributed by atoms with E-state index in [9.17, 15) is 13.6 Å². The summed E-state index contributed by atoms with van der Waals surface area (Å²) in [7, 11) is 0. The minimum atomic E-state index is -2.71. The lowest BCUT2D eigenvalue weighted by molar-refractivity contribution is -0.156. The zero-order chi connectivity index (χ0) is 9.64. The highest BCUT2D eigenvalue weighted by Crippen LogP contribution is 2.42. The lowest BCUT2D eigenvalue weighted by Crippen LogP contribution is -2.64. The maximum absolute atomic E-state index is 13.1. The molecule has 0 aromatic carbocycles. The average Bonchev–Trinajstić information content (AvgIpc) is 2.02. The molecule has 0 radical (unpaired) electrons. The van der Waals surface area contributed by atoms with Crippen molar-refractivity contribution >= 4 is 5.97 Å². The van der Waals surface area contributed by atoms with Gasteiger partial charge in [0.25, 0.3) is 5.92 Å². The van der Waals surface area contributed by atoms with E-state index in [0.717, 1.165) is 0 Å². The third kappa shape index (κ3) is 1.31. The lowest BCUT2D eigenvalue weighted by Gasteiger charge is -2.46. The SMILES string of the molecule is O=C(O)[C@H]1NC2CCC1CC2(F)F. The van der Waals surface area contributed by atoms with Gasteiger partial charge in [-0.25, -0.2) is 8.78 Å².